The molecule has 0 radical (unpaired) electrons. The molecule has 180 valence electrons. The lowest BCUT2D eigenvalue weighted by molar-refractivity contribution is 0.599. The van der Waals surface area contributed by atoms with Gasteiger partial charge in [0.2, 0.25) is 0 Å². The molecule has 0 bridgehead atoms. The second-order valence-electron chi connectivity index (χ2n) is 9.39. The number of para-hydroxylation sites is 1. The Hall–Kier alpha value is -5.08. The van der Waals surface area contributed by atoms with Gasteiger partial charge >= 0.3 is 0 Å². The molecule has 1 N–H and O–H groups in total. The molecule has 0 aliphatic carbocycles. The Morgan fingerprint density at radius 1 is 0.368 bits per heavy atom. The number of furan rings is 1. The van der Waals surface area contributed by atoms with Gasteiger partial charge in [-0.3, -0.25) is 0 Å². The molecule has 38 heavy (non-hydrogen) atoms. The van der Waals surface area contributed by atoms with Crippen LogP contribution < -0.4 is 0 Å². The molecule has 0 spiro atoms. The van der Waals surface area contributed by atoms with Crippen molar-refractivity contribution in [3.05, 3.63) is 146 Å². The van der Waals surface area contributed by atoms with Crippen molar-refractivity contribution in [3.8, 4) is 56.2 Å². The topological polar surface area (TPSA) is 28.9 Å². The molecule has 0 saturated carbocycles. The monoisotopic (exact) mass is 487 g/mol. The van der Waals surface area contributed by atoms with Crippen LogP contribution >= 0.6 is 0 Å². The van der Waals surface area contributed by atoms with Crippen molar-refractivity contribution in [1.82, 2.24) is 4.98 Å². The van der Waals surface area contributed by atoms with Crippen LogP contribution in [-0.2, 0) is 0 Å². The second kappa shape index (κ2) is 9.42. The summed E-state index contributed by atoms with van der Waals surface area (Å²) in [6.45, 7) is 0. The summed E-state index contributed by atoms with van der Waals surface area (Å²) in [6.07, 6.45) is 0. The number of hydrogen-bond acceptors (Lipinski definition) is 1. The summed E-state index contributed by atoms with van der Waals surface area (Å²) in [5.41, 5.74) is 9.88. The second-order valence-corrected chi connectivity index (χ2v) is 9.39. The molecule has 0 saturated heterocycles. The zero-order valence-electron chi connectivity index (χ0n) is 20.8. The van der Waals surface area contributed by atoms with Crippen LogP contribution in [0.2, 0.25) is 0 Å². The van der Waals surface area contributed by atoms with E-state index in [-0.39, 0.29) is 0 Å². The molecule has 2 heteroatoms. The average Bonchev–Trinajstić information content (AvgIpc) is 3.58. The number of aromatic amines is 1. The summed E-state index contributed by atoms with van der Waals surface area (Å²) >= 11 is 0. The molecule has 0 amide bonds. The van der Waals surface area contributed by atoms with Gasteiger partial charge < -0.3 is 9.40 Å². The van der Waals surface area contributed by atoms with Crippen LogP contribution in [0.3, 0.4) is 0 Å². The minimum Gasteiger partial charge on any atom is -0.455 e. The predicted octanol–water partition coefficient (Wildman–Crippen LogP) is 10.1. The van der Waals surface area contributed by atoms with Crippen molar-refractivity contribution in [2.45, 2.75) is 0 Å². The van der Waals surface area contributed by atoms with Gasteiger partial charge in [0.25, 0.3) is 0 Å². The predicted molar refractivity (Wildman–Crippen MR) is 158 cm³/mol. The van der Waals surface area contributed by atoms with Crippen molar-refractivity contribution in [2.24, 2.45) is 0 Å². The van der Waals surface area contributed by atoms with E-state index in [0.717, 1.165) is 61.7 Å². The van der Waals surface area contributed by atoms with Gasteiger partial charge in [0.05, 0.1) is 5.69 Å². The maximum Gasteiger partial charge on any atom is 0.143 e. The SMILES string of the molecule is c1ccc(-c2[nH]c3ccccc3c2-c2c(-c3ccccc3)oc(-c3ccccc3)c2-c2ccccc2)cc1. The lowest BCUT2D eigenvalue weighted by Gasteiger charge is -2.11. The highest BCUT2D eigenvalue weighted by molar-refractivity contribution is 6.12. The number of fused-ring (bicyclic) bond motifs is 1. The Kier molecular flexibility index (Phi) is 5.49. The van der Waals surface area contributed by atoms with Crippen molar-refractivity contribution < 1.29 is 4.42 Å². The van der Waals surface area contributed by atoms with Gasteiger partial charge in [-0.1, -0.05) is 140 Å². The van der Waals surface area contributed by atoms with E-state index in [1.165, 1.54) is 5.39 Å². The molecule has 0 atom stereocenters. The van der Waals surface area contributed by atoms with E-state index in [2.05, 4.69) is 138 Å². The molecule has 2 heterocycles. The van der Waals surface area contributed by atoms with Crippen molar-refractivity contribution in [1.29, 1.82) is 0 Å². The van der Waals surface area contributed by atoms with E-state index in [4.69, 9.17) is 4.42 Å². The molecule has 5 aromatic carbocycles. The van der Waals surface area contributed by atoms with Gasteiger partial charge in [-0.05, 0) is 17.2 Å². The molecule has 7 aromatic rings. The van der Waals surface area contributed by atoms with E-state index in [1.54, 1.807) is 0 Å². The minimum atomic E-state index is 0.866. The summed E-state index contributed by atoms with van der Waals surface area (Å²) in [6, 6.07) is 50.5. The van der Waals surface area contributed by atoms with Crippen LogP contribution in [-0.4, -0.2) is 4.98 Å². The summed E-state index contributed by atoms with van der Waals surface area (Å²) in [7, 11) is 0. The summed E-state index contributed by atoms with van der Waals surface area (Å²) < 4.78 is 6.92. The fourth-order valence-corrected chi connectivity index (χ4v) is 5.36. The van der Waals surface area contributed by atoms with Crippen LogP contribution in [0.25, 0.3) is 67.1 Å². The van der Waals surface area contributed by atoms with Crippen molar-refractivity contribution >= 4 is 10.9 Å². The molecule has 7 rings (SSSR count). The molecular formula is C36H25NO. The first-order chi connectivity index (χ1) is 18.9. The van der Waals surface area contributed by atoms with Gasteiger partial charge in [0, 0.05) is 38.7 Å². The van der Waals surface area contributed by atoms with Crippen LogP contribution in [0.4, 0.5) is 0 Å². The van der Waals surface area contributed by atoms with Crippen LogP contribution in [0.15, 0.2) is 150 Å². The van der Waals surface area contributed by atoms with E-state index >= 15 is 0 Å². The third kappa shape index (κ3) is 3.75. The van der Waals surface area contributed by atoms with Crippen LogP contribution in [0.1, 0.15) is 0 Å². The number of rotatable bonds is 5. The number of hydrogen-bond donors (Lipinski definition) is 1. The molecule has 0 unspecified atom stereocenters. The number of H-pyrrole nitrogens is 1. The Labute approximate surface area is 221 Å². The first-order valence-electron chi connectivity index (χ1n) is 12.9. The third-order valence-electron chi connectivity index (χ3n) is 7.06. The first-order valence-corrected chi connectivity index (χ1v) is 12.9. The Bertz CT molecular complexity index is 1830. The Balaban J connectivity index is 1.67. The Morgan fingerprint density at radius 2 is 0.816 bits per heavy atom. The van der Waals surface area contributed by atoms with E-state index < -0.39 is 0 Å². The van der Waals surface area contributed by atoms with Gasteiger partial charge in [-0.2, -0.15) is 0 Å². The maximum absolute atomic E-state index is 6.92. The van der Waals surface area contributed by atoms with Crippen LogP contribution in [0, 0.1) is 0 Å². The van der Waals surface area contributed by atoms with Crippen LogP contribution in [0.5, 0.6) is 0 Å². The standard InChI is InChI=1S/C36H25NO/c1-5-15-25(16-6-1)31-33(32-29-23-13-14-24-30(29)37-34(32)26-17-7-2-8-18-26)36(28-21-11-4-12-22-28)38-35(31)27-19-9-3-10-20-27/h1-24,37H. The smallest absolute Gasteiger partial charge is 0.143 e. The molecule has 0 fully saturated rings. The first kappa shape index (κ1) is 22.1. The van der Waals surface area contributed by atoms with Gasteiger partial charge in [-0.15, -0.1) is 0 Å². The minimum absolute atomic E-state index is 0.866. The molecule has 2 aromatic heterocycles. The van der Waals surface area contributed by atoms with Gasteiger partial charge in [0.1, 0.15) is 11.5 Å². The lowest BCUT2D eigenvalue weighted by atomic mass is 9.89. The average molecular weight is 488 g/mol. The zero-order chi connectivity index (χ0) is 25.3. The number of nitrogens with one attached hydrogen (secondary N) is 1. The van der Waals surface area contributed by atoms with Crippen molar-refractivity contribution in [2.75, 3.05) is 0 Å². The molecular weight excluding hydrogens is 462 g/mol. The highest BCUT2D eigenvalue weighted by Gasteiger charge is 2.29. The maximum atomic E-state index is 6.92. The number of aromatic nitrogens is 1. The van der Waals surface area contributed by atoms with E-state index in [0.29, 0.717) is 0 Å². The quantitative estimate of drug-likeness (QED) is 0.257. The summed E-state index contributed by atoms with van der Waals surface area (Å²) in [5, 5.41) is 1.17. The fourth-order valence-electron chi connectivity index (χ4n) is 5.36. The van der Waals surface area contributed by atoms with Gasteiger partial charge in [-0.25, -0.2) is 0 Å². The molecule has 0 aliphatic heterocycles. The van der Waals surface area contributed by atoms with E-state index in [9.17, 15) is 0 Å². The largest absolute Gasteiger partial charge is 0.455 e. The highest BCUT2D eigenvalue weighted by atomic mass is 16.3. The highest BCUT2D eigenvalue weighted by Crippen LogP contribution is 2.52. The molecule has 0 aliphatic rings. The normalized spacial score (nSPS) is 11.2. The third-order valence-corrected chi connectivity index (χ3v) is 7.06. The number of benzene rings is 5. The summed E-state index contributed by atoms with van der Waals surface area (Å²) in [5.74, 6) is 1.74. The Morgan fingerprint density at radius 3 is 1.39 bits per heavy atom. The van der Waals surface area contributed by atoms with Crippen molar-refractivity contribution in [3.63, 3.8) is 0 Å². The lowest BCUT2D eigenvalue weighted by Crippen LogP contribution is -1.88. The molecule has 2 nitrogen and oxygen atoms in total. The fraction of sp³-hybridized carbons (Fsp3) is 0. The zero-order valence-corrected chi connectivity index (χ0v) is 20.8. The van der Waals surface area contributed by atoms with Gasteiger partial charge in [0.15, 0.2) is 0 Å². The van der Waals surface area contributed by atoms with E-state index in [1.807, 2.05) is 12.1 Å². The summed E-state index contributed by atoms with van der Waals surface area (Å²) in [4.78, 5) is 3.74.